The van der Waals surface area contributed by atoms with E-state index in [4.69, 9.17) is 0 Å². The average Bonchev–Trinajstić information content (AvgIpc) is 3.08. The van der Waals surface area contributed by atoms with Gasteiger partial charge in [-0.3, -0.25) is 13.8 Å². The Bertz CT molecular complexity index is 1100. The molecule has 0 spiro atoms. The summed E-state index contributed by atoms with van der Waals surface area (Å²) in [5.74, 6) is -0.424. The average molecular weight is 323 g/mol. The number of benzene rings is 2. The van der Waals surface area contributed by atoms with Crippen molar-refractivity contribution in [2.45, 2.75) is 12.6 Å². The number of rotatable bonds is 3. The number of imidazole rings is 1. The molecular weight excluding hydrogens is 309 g/mol. The van der Waals surface area contributed by atoms with Crippen LogP contribution in [0.4, 0.5) is 4.39 Å². The van der Waals surface area contributed by atoms with Crippen molar-refractivity contribution in [3.05, 3.63) is 82.8 Å². The van der Waals surface area contributed by atoms with Crippen molar-refractivity contribution in [2.24, 2.45) is 0 Å². The molecule has 24 heavy (non-hydrogen) atoms. The fraction of sp³-hybridized carbons (Fsp3) is 0.111. The number of fused-ring (bicyclic) bond motifs is 3. The van der Waals surface area contributed by atoms with Gasteiger partial charge in [0.05, 0.1) is 29.7 Å². The molecule has 5 nitrogen and oxygen atoms in total. The minimum absolute atomic E-state index is 0.0162. The molecule has 1 unspecified atom stereocenters. The van der Waals surface area contributed by atoms with Gasteiger partial charge in [0.15, 0.2) is 0 Å². The van der Waals surface area contributed by atoms with Gasteiger partial charge in [0.25, 0.3) is 5.56 Å². The van der Waals surface area contributed by atoms with Crippen molar-refractivity contribution < 1.29 is 9.50 Å². The highest BCUT2D eigenvalue weighted by atomic mass is 19.1. The number of nitrogens with zero attached hydrogens (tertiary/aromatic N) is 3. The number of aromatic nitrogens is 3. The molecule has 0 saturated carbocycles. The first kappa shape index (κ1) is 14.6. The van der Waals surface area contributed by atoms with Crippen molar-refractivity contribution in [1.29, 1.82) is 0 Å². The number of hydrogen-bond donors (Lipinski definition) is 1. The summed E-state index contributed by atoms with van der Waals surface area (Å²) in [6.45, 7) is 0.0162. The summed E-state index contributed by atoms with van der Waals surface area (Å²) < 4.78 is 16.6. The Kier molecular flexibility index (Phi) is 3.39. The first-order valence-electron chi connectivity index (χ1n) is 7.52. The minimum atomic E-state index is -1.00. The second-order valence-corrected chi connectivity index (χ2v) is 5.63. The lowest BCUT2D eigenvalue weighted by Gasteiger charge is -2.15. The van der Waals surface area contributed by atoms with Gasteiger partial charge in [0.2, 0.25) is 0 Å². The highest BCUT2D eigenvalue weighted by molar-refractivity contribution is 5.80. The summed E-state index contributed by atoms with van der Waals surface area (Å²) in [5, 5.41) is 11.0. The molecule has 2 aromatic carbocycles. The van der Waals surface area contributed by atoms with Crippen LogP contribution in [0.3, 0.4) is 0 Å². The molecular formula is C18H14FN3O2. The van der Waals surface area contributed by atoms with E-state index in [2.05, 4.69) is 4.98 Å². The Hall–Kier alpha value is -2.99. The molecule has 0 fully saturated rings. The number of para-hydroxylation sites is 1. The Balaban J connectivity index is 1.88. The zero-order valence-electron chi connectivity index (χ0n) is 12.6. The maximum absolute atomic E-state index is 13.4. The molecule has 0 bridgehead atoms. The van der Waals surface area contributed by atoms with Crippen LogP contribution in [0.25, 0.3) is 16.6 Å². The van der Waals surface area contributed by atoms with Crippen LogP contribution >= 0.6 is 0 Å². The third-order valence-electron chi connectivity index (χ3n) is 4.12. The topological polar surface area (TPSA) is 59.5 Å². The van der Waals surface area contributed by atoms with Gasteiger partial charge >= 0.3 is 0 Å². The SMILES string of the molecule is O=c1c2ccccc2n2cncc2n1CC(O)c1cccc(F)c1. The fourth-order valence-electron chi connectivity index (χ4n) is 2.96. The van der Waals surface area contributed by atoms with Gasteiger partial charge in [0.1, 0.15) is 17.8 Å². The largest absolute Gasteiger partial charge is 0.387 e. The minimum Gasteiger partial charge on any atom is -0.387 e. The highest BCUT2D eigenvalue weighted by Crippen LogP contribution is 2.19. The zero-order chi connectivity index (χ0) is 16.7. The summed E-state index contributed by atoms with van der Waals surface area (Å²) in [7, 11) is 0. The Morgan fingerprint density at radius 3 is 2.83 bits per heavy atom. The summed E-state index contributed by atoms with van der Waals surface area (Å²) in [6.07, 6.45) is 2.20. The van der Waals surface area contributed by atoms with E-state index in [-0.39, 0.29) is 12.1 Å². The lowest BCUT2D eigenvalue weighted by Crippen LogP contribution is -2.25. The van der Waals surface area contributed by atoms with Gasteiger partial charge < -0.3 is 5.11 Å². The zero-order valence-corrected chi connectivity index (χ0v) is 12.6. The number of halogens is 1. The van der Waals surface area contributed by atoms with Gasteiger partial charge in [0, 0.05) is 0 Å². The van der Waals surface area contributed by atoms with Crippen LogP contribution in [0.1, 0.15) is 11.7 Å². The lowest BCUT2D eigenvalue weighted by molar-refractivity contribution is 0.156. The van der Waals surface area contributed by atoms with Gasteiger partial charge in [-0.25, -0.2) is 9.37 Å². The Morgan fingerprint density at radius 1 is 1.17 bits per heavy atom. The highest BCUT2D eigenvalue weighted by Gasteiger charge is 2.15. The summed E-state index contributed by atoms with van der Waals surface area (Å²) >= 11 is 0. The molecule has 1 atom stereocenters. The molecule has 0 aliphatic carbocycles. The maximum Gasteiger partial charge on any atom is 0.261 e. The van der Waals surface area contributed by atoms with Crippen molar-refractivity contribution in [3.8, 4) is 0 Å². The van der Waals surface area contributed by atoms with Gasteiger partial charge in [-0.1, -0.05) is 24.3 Å². The second-order valence-electron chi connectivity index (χ2n) is 5.63. The molecule has 1 N–H and O–H groups in total. The van der Waals surface area contributed by atoms with Crippen LogP contribution in [0.2, 0.25) is 0 Å². The van der Waals surface area contributed by atoms with Crippen molar-refractivity contribution in [1.82, 2.24) is 14.0 Å². The molecule has 2 aromatic heterocycles. The van der Waals surface area contributed by atoms with Crippen molar-refractivity contribution >= 4 is 16.6 Å². The molecule has 0 aliphatic rings. The lowest BCUT2D eigenvalue weighted by atomic mass is 10.1. The number of hydrogen-bond acceptors (Lipinski definition) is 3. The third kappa shape index (κ3) is 2.28. The van der Waals surface area contributed by atoms with E-state index in [0.717, 1.165) is 5.52 Å². The molecule has 120 valence electrons. The summed E-state index contributed by atoms with van der Waals surface area (Å²) in [4.78, 5) is 16.9. The van der Waals surface area contributed by atoms with E-state index in [1.807, 2.05) is 12.1 Å². The predicted octanol–water partition coefficient (Wildman–Crippen LogP) is 2.52. The smallest absolute Gasteiger partial charge is 0.261 e. The molecule has 0 aliphatic heterocycles. The van der Waals surface area contributed by atoms with Crippen LogP contribution in [0.15, 0.2) is 65.8 Å². The standard InChI is InChI=1S/C18H14FN3O2/c19-13-5-3-4-12(8-13)16(23)10-21-17-9-20-11-22(17)15-7-2-1-6-14(15)18(21)24/h1-9,11,16,23H,10H2. The van der Waals surface area contributed by atoms with E-state index < -0.39 is 11.9 Å². The molecule has 4 rings (SSSR count). The monoisotopic (exact) mass is 323 g/mol. The van der Waals surface area contributed by atoms with Crippen LogP contribution in [-0.4, -0.2) is 19.1 Å². The molecule has 4 aromatic rings. The molecule has 0 amide bonds. The molecule has 0 radical (unpaired) electrons. The van der Waals surface area contributed by atoms with Gasteiger partial charge in [-0.15, -0.1) is 0 Å². The van der Waals surface area contributed by atoms with E-state index in [0.29, 0.717) is 16.6 Å². The first-order valence-corrected chi connectivity index (χ1v) is 7.52. The summed E-state index contributed by atoms with van der Waals surface area (Å²) in [6, 6.07) is 13.0. The quantitative estimate of drug-likeness (QED) is 0.630. The maximum atomic E-state index is 13.4. The normalized spacial score (nSPS) is 12.8. The van der Waals surface area contributed by atoms with Crippen LogP contribution < -0.4 is 5.56 Å². The van der Waals surface area contributed by atoms with E-state index in [1.54, 1.807) is 35.1 Å². The third-order valence-corrected chi connectivity index (χ3v) is 4.12. The summed E-state index contributed by atoms with van der Waals surface area (Å²) in [5.41, 5.74) is 1.54. The van der Waals surface area contributed by atoms with Gasteiger partial charge in [-0.05, 0) is 29.8 Å². The number of aliphatic hydroxyl groups is 1. The van der Waals surface area contributed by atoms with Crippen LogP contribution in [-0.2, 0) is 6.54 Å². The van der Waals surface area contributed by atoms with Crippen molar-refractivity contribution in [2.75, 3.05) is 0 Å². The number of aliphatic hydroxyl groups excluding tert-OH is 1. The Labute approximate surface area is 136 Å². The Morgan fingerprint density at radius 2 is 2.00 bits per heavy atom. The molecule has 0 saturated heterocycles. The van der Waals surface area contributed by atoms with E-state index in [9.17, 15) is 14.3 Å². The molecule has 6 heteroatoms. The first-order chi connectivity index (χ1) is 11.6. The van der Waals surface area contributed by atoms with E-state index in [1.165, 1.54) is 22.8 Å². The molecule has 2 heterocycles. The van der Waals surface area contributed by atoms with Crippen LogP contribution in [0, 0.1) is 5.82 Å². The van der Waals surface area contributed by atoms with Crippen molar-refractivity contribution in [3.63, 3.8) is 0 Å². The van der Waals surface area contributed by atoms with Gasteiger partial charge in [-0.2, -0.15) is 0 Å². The van der Waals surface area contributed by atoms with E-state index >= 15 is 0 Å². The fourth-order valence-corrected chi connectivity index (χ4v) is 2.96. The van der Waals surface area contributed by atoms with Crippen LogP contribution in [0.5, 0.6) is 0 Å². The second kappa shape index (κ2) is 5.58. The predicted molar refractivity (Wildman–Crippen MR) is 88.3 cm³/mol.